The van der Waals surface area contributed by atoms with Crippen LogP contribution in [0.5, 0.6) is 5.75 Å². The van der Waals surface area contributed by atoms with Crippen molar-refractivity contribution in [1.29, 1.82) is 0 Å². The van der Waals surface area contributed by atoms with Crippen LogP contribution in [0.2, 0.25) is 0 Å². The Kier molecular flexibility index (Phi) is 5.79. The van der Waals surface area contributed by atoms with E-state index in [0.717, 1.165) is 22.4 Å². The van der Waals surface area contributed by atoms with Crippen LogP contribution in [0.3, 0.4) is 0 Å². The first-order valence-electron chi connectivity index (χ1n) is 10.5. The zero-order valence-electron chi connectivity index (χ0n) is 18.0. The molecule has 0 spiro atoms. The van der Waals surface area contributed by atoms with E-state index < -0.39 is 0 Å². The summed E-state index contributed by atoms with van der Waals surface area (Å²) in [5, 5.41) is 15.0. The van der Waals surface area contributed by atoms with Crippen molar-refractivity contribution in [3.8, 4) is 28.4 Å². The number of rotatable bonds is 8. The minimum absolute atomic E-state index is 0.0912. The molecule has 0 radical (unpaired) electrons. The molecule has 0 atom stereocenters. The summed E-state index contributed by atoms with van der Waals surface area (Å²) in [7, 11) is 1.87. The van der Waals surface area contributed by atoms with Crippen LogP contribution in [0.15, 0.2) is 55.2 Å². The summed E-state index contributed by atoms with van der Waals surface area (Å²) in [6.07, 6.45) is 9.25. The van der Waals surface area contributed by atoms with Crippen LogP contribution in [0.25, 0.3) is 22.6 Å². The zero-order valence-corrected chi connectivity index (χ0v) is 18.0. The van der Waals surface area contributed by atoms with Crippen molar-refractivity contribution in [2.24, 2.45) is 7.05 Å². The molecule has 0 unspecified atom stereocenters. The number of hydrazine groups is 2. The van der Waals surface area contributed by atoms with E-state index in [1.807, 2.05) is 42.5 Å². The molecule has 11 heteroatoms. The van der Waals surface area contributed by atoms with Gasteiger partial charge in [0.25, 0.3) is 0 Å². The molecule has 0 fully saturated rings. The maximum atomic E-state index is 8.85. The molecule has 1 aliphatic heterocycles. The fourth-order valence-corrected chi connectivity index (χ4v) is 3.42. The molecule has 0 amide bonds. The molecule has 4 heterocycles. The first-order valence-corrected chi connectivity index (χ1v) is 10.5. The fraction of sp³-hybridized carbons (Fsp3) is 0.227. The van der Waals surface area contributed by atoms with Crippen LogP contribution < -0.4 is 20.7 Å². The Morgan fingerprint density at radius 3 is 2.73 bits per heavy atom. The third kappa shape index (κ3) is 4.59. The van der Waals surface area contributed by atoms with Crippen molar-refractivity contribution in [2.45, 2.75) is 13.0 Å². The van der Waals surface area contributed by atoms with Crippen LogP contribution in [0.4, 0.5) is 11.6 Å². The highest BCUT2D eigenvalue weighted by Gasteiger charge is 2.23. The number of benzene rings is 1. The van der Waals surface area contributed by atoms with Gasteiger partial charge in [-0.3, -0.25) is 15.1 Å². The van der Waals surface area contributed by atoms with Crippen LogP contribution in [0, 0.1) is 0 Å². The lowest BCUT2D eigenvalue weighted by Crippen LogP contribution is -2.35. The number of anilines is 2. The summed E-state index contributed by atoms with van der Waals surface area (Å²) < 4.78 is 7.24. The number of nitrogens with zero attached hydrogens (tertiary/aromatic N) is 7. The van der Waals surface area contributed by atoms with E-state index in [1.54, 1.807) is 29.5 Å². The van der Waals surface area contributed by atoms with Crippen LogP contribution in [-0.2, 0) is 13.6 Å². The molecule has 0 bridgehead atoms. The summed E-state index contributed by atoms with van der Waals surface area (Å²) in [4.78, 5) is 18.1. The number of aryl methyl sites for hydroxylation is 1. The van der Waals surface area contributed by atoms with Gasteiger partial charge in [0.2, 0.25) is 0 Å². The van der Waals surface area contributed by atoms with E-state index in [2.05, 4.69) is 31.0 Å². The highest BCUT2D eigenvalue weighted by atomic mass is 16.5. The molecular weight excluding hydrogens is 422 g/mol. The molecule has 0 aliphatic carbocycles. The maximum absolute atomic E-state index is 8.85. The number of fused-ring (bicyclic) bond motifs is 1. The Labute approximate surface area is 190 Å². The lowest BCUT2D eigenvalue weighted by Gasteiger charge is -2.17. The predicted molar refractivity (Wildman–Crippen MR) is 122 cm³/mol. The van der Waals surface area contributed by atoms with E-state index in [1.165, 1.54) is 0 Å². The predicted octanol–water partition coefficient (Wildman–Crippen LogP) is 1.95. The van der Waals surface area contributed by atoms with Gasteiger partial charge >= 0.3 is 0 Å². The minimum atomic E-state index is 0.0912. The second kappa shape index (κ2) is 9.18. The molecule has 33 heavy (non-hydrogen) atoms. The van der Waals surface area contributed by atoms with Crippen LogP contribution in [-0.4, -0.2) is 48.0 Å². The maximum Gasteiger partial charge on any atom is 0.190 e. The van der Waals surface area contributed by atoms with E-state index in [4.69, 9.17) is 14.8 Å². The summed E-state index contributed by atoms with van der Waals surface area (Å²) >= 11 is 0. The highest BCUT2D eigenvalue weighted by molar-refractivity contribution is 5.69. The highest BCUT2D eigenvalue weighted by Crippen LogP contribution is 2.29. The van der Waals surface area contributed by atoms with Crippen LogP contribution >= 0.6 is 0 Å². The number of aliphatic hydroxyl groups excluding tert-OH is 1. The van der Waals surface area contributed by atoms with Gasteiger partial charge in [0.1, 0.15) is 0 Å². The number of aromatic nitrogens is 6. The molecule has 3 N–H and O–H groups in total. The van der Waals surface area contributed by atoms with Gasteiger partial charge in [-0.15, -0.1) is 5.53 Å². The average molecular weight is 445 g/mol. The Morgan fingerprint density at radius 2 is 1.94 bits per heavy atom. The number of nitrogens with one attached hydrogen (secondary N) is 2. The standard InChI is InChI=1S/C22H23N9O2/c1-30-14-17(9-26-30)19-12-25-21-22(27-19)31(29-28-21)13-15-4-2-5-16(8-15)20-23-10-18(11-24-20)33-7-3-6-32/h2,4-5,8-12,14,29,32H,3,6-7,13H2,1H3,(H,25,28). The molecule has 0 saturated heterocycles. The van der Waals surface area contributed by atoms with Crippen molar-refractivity contribution in [2.75, 3.05) is 23.6 Å². The largest absolute Gasteiger partial charge is 0.490 e. The van der Waals surface area contributed by atoms with Gasteiger partial charge in [0.05, 0.1) is 43.6 Å². The first-order chi connectivity index (χ1) is 16.2. The minimum Gasteiger partial charge on any atom is -0.490 e. The molecular formula is C22H23N9O2. The quantitative estimate of drug-likeness (QED) is 0.346. The topological polar surface area (TPSA) is 126 Å². The summed E-state index contributed by atoms with van der Waals surface area (Å²) in [6.45, 7) is 1.08. The molecule has 3 aromatic heterocycles. The number of hydrogen-bond donors (Lipinski definition) is 3. The van der Waals surface area contributed by atoms with Crippen molar-refractivity contribution in [3.63, 3.8) is 0 Å². The SMILES string of the molecule is Cn1cc(-c2cnc3c(n2)N(Cc2cccc(-c4ncc(OCCCO)cn4)c2)NN3)cn1. The van der Waals surface area contributed by atoms with E-state index >= 15 is 0 Å². The first kappa shape index (κ1) is 20.8. The van der Waals surface area contributed by atoms with E-state index in [-0.39, 0.29) is 6.61 Å². The Hall–Kier alpha value is -4.09. The van der Waals surface area contributed by atoms with Gasteiger partial charge in [-0.05, 0) is 11.6 Å². The Morgan fingerprint density at radius 1 is 1.06 bits per heavy atom. The van der Waals surface area contributed by atoms with Gasteiger partial charge < -0.3 is 9.84 Å². The molecule has 11 nitrogen and oxygen atoms in total. The van der Waals surface area contributed by atoms with Crippen molar-refractivity contribution >= 4 is 11.6 Å². The van der Waals surface area contributed by atoms with Crippen molar-refractivity contribution in [3.05, 3.63) is 60.8 Å². The average Bonchev–Trinajstić information content (AvgIpc) is 3.46. The second-order valence-electron chi connectivity index (χ2n) is 7.52. The lowest BCUT2D eigenvalue weighted by atomic mass is 10.1. The normalized spacial score (nSPS) is 12.5. The van der Waals surface area contributed by atoms with Gasteiger partial charge in [0.15, 0.2) is 23.2 Å². The molecule has 5 rings (SSSR count). The van der Waals surface area contributed by atoms with Gasteiger partial charge in [-0.2, -0.15) is 5.10 Å². The molecule has 1 aliphatic rings. The van der Waals surface area contributed by atoms with E-state index in [0.29, 0.717) is 42.8 Å². The summed E-state index contributed by atoms with van der Waals surface area (Å²) in [6, 6.07) is 8.02. The van der Waals surface area contributed by atoms with Gasteiger partial charge in [0, 0.05) is 37.4 Å². The molecule has 0 saturated carbocycles. The van der Waals surface area contributed by atoms with Crippen LogP contribution in [0.1, 0.15) is 12.0 Å². The summed E-state index contributed by atoms with van der Waals surface area (Å²) in [5.41, 5.74) is 9.78. The fourth-order valence-electron chi connectivity index (χ4n) is 3.42. The Balaban J connectivity index is 1.32. The monoisotopic (exact) mass is 445 g/mol. The van der Waals surface area contributed by atoms with Crippen molar-refractivity contribution < 1.29 is 9.84 Å². The lowest BCUT2D eigenvalue weighted by molar-refractivity contribution is 0.233. The molecule has 4 aromatic rings. The van der Waals surface area contributed by atoms with Gasteiger partial charge in [-0.1, -0.05) is 18.2 Å². The number of aliphatic hydroxyl groups is 1. The zero-order chi connectivity index (χ0) is 22.6. The third-order valence-electron chi connectivity index (χ3n) is 5.04. The second-order valence-corrected chi connectivity index (χ2v) is 7.52. The van der Waals surface area contributed by atoms with Gasteiger partial charge in [-0.25, -0.2) is 19.9 Å². The third-order valence-corrected chi connectivity index (χ3v) is 5.04. The summed E-state index contributed by atoms with van der Waals surface area (Å²) in [5.74, 6) is 2.56. The Bertz CT molecular complexity index is 1240. The smallest absolute Gasteiger partial charge is 0.190 e. The number of hydrogen-bond acceptors (Lipinski definition) is 10. The van der Waals surface area contributed by atoms with Crippen molar-refractivity contribution in [1.82, 2.24) is 35.3 Å². The number of ether oxygens (including phenoxy) is 1. The van der Waals surface area contributed by atoms with E-state index in [9.17, 15) is 0 Å². The molecule has 1 aromatic carbocycles. The molecule has 168 valence electrons.